The van der Waals surface area contributed by atoms with Gasteiger partial charge in [-0.3, -0.25) is 13.7 Å². The van der Waals surface area contributed by atoms with Gasteiger partial charge in [0.1, 0.15) is 9.79 Å². The van der Waals surface area contributed by atoms with Gasteiger partial charge in [-0.15, -0.1) is 0 Å². The molecule has 0 aliphatic carbocycles. The van der Waals surface area contributed by atoms with Crippen molar-refractivity contribution < 1.29 is 38.9 Å². The van der Waals surface area contributed by atoms with Crippen molar-refractivity contribution in [1.29, 1.82) is 0 Å². The molecule has 0 amide bonds. The molecule has 2 fully saturated rings. The molecule has 2 aromatic heterocycles. The SMILES string of the molecule is O=S(=O)(O)c1ccc2c(S(=O)(=O)O)c(Nc3nc(Nc4ccc(Nc5nc(Nc6ccc7ccccc7c6S(=O)(=O)O)nc(N6CCCC6)n5)c5ccccc45)nc(N4CCCC4)n3)ccc2c1. The summed E-state index contributed by atoms with van der Waals surface area (Å²) in [6.45, 7) is 2.73. The van der Waals surface area contributed by atoms with Crippen molar-refractivity contribution in [2.75, 3.05) is 57.2 Å². The van der Waals surface area contributed by atoms with E-state index in [-0.39, 0.29) is 50.8 Å². The van der Waals surface area contributed by atoms with Gasteiger partial charge >= 0.3 is 0 Å². The third kappa shape index (κ3) is 9.06. The van der Waals surface area contributed by atoms with Crippen LogP contribution in [0.3, 0.4) is 0 Å². The van der Waals surface area contributed by atoms with Crippen molar-refractivity contribution in [2.24, 2.45) is 0 Å². The number of anilines is 10. The zero-order chi connectivity index (χ0) is 47.4. The predicted octanol–water partition coefficient (Wildman–Crippen LogP) is 7.43. The Morgan fingerprint density at radius 1 is 0.397 bits per heavy atom. The summed E-state index contributed by atoms with van der Waals surface area (Å²) >= 11 is 0. The highest BCUT2D eigenvalue weighted by molar-refractivity contribution is 7.86. The fraction of sp³-hybridized carbons (Fsp3) is 0.182. The maximum atomic E-state index is 12.9. The van der Waals surface area contributed by atoms with Crippen LogP contribution in [0, 0.1) is 0 Å². The average molecular weight is 977 g/mol. The fourth-order valence-corrected chi connectivity index (χ4v) is 10.7. The summed E-state index contributed by atoms with van der Waals surface area (Å²) in [5.74, 6) is 0.905. The molecule has 6 aromatic carbocycles. The molecule has 0 spiro atoms. The molecule has 0 bridgehead atoms. The molecule has 24 heteroatoms. The second-order valence-electron chi connectivity index (χ2n) is 16.1. The van der Waals surface area contributed by atoms with Crippen molar-refractivity contribution in [1.82, 2.24) is 29.9 Å². The lowest BCUT2D eigenvalue weighted by Crippen LogP contribution is -2.22. The minimum absolute atomic E-state index is 0.0228. The van der Waals surface area contributed by atoms with Crippen molar-refractivity contribution >= 4 is 121 Å². The summed E-state index contributed by atoms with van der Waals surface area (Å²) < 4.78 is 105. The summed E-state index contributed by atoms with van der Waals surface area (Å²) in [5.41, 5.74) is 1.16. The molecule has 4 heterocycles. The Morgan fingerprint density at radius 3 is 1.22 bits per heavy atom. The van der Waals surface area contributed by atoms with Crippen LogP contribution in [0.1, 0.15) is 25.7 Å². The number of nitrogens with zero attached hydrogens (tertiary/aromatic N) is 8. The molecular formula is C44H40N12O9S3. The summed E-state index contributed by atoms with van der Waals surface area (Å²) in [6.07, 6.45) is 3.66. The van der Waals surface area contributed by atoms with Gasteiger partial charge in [-0.05, 0) is 72.9 Å². The highest BCUT2D eigenvalue weighted by atomic mass is 32.2. The molecule has 0 unspecified atom stereocenters. The van der Waals surface area contributed by atoms with Gasteiger partial charge in [0.15, 0.2) is 0 Å². The Kier molecular flexibility index (Phi) is 11.4. The normalized spacial score (nSPS) is 14.5. The van der Waals surface area contributed by atoms with Crippen LogP contribution < -0.4 is 31.1 Å². The number of aromatic nitrogens is 6. The summed E-state index contributed by atoms with van der Waals surface area (Å²) in [7, 11) is -14.2. The lowest BCUT2D eigenvalue weighted by atomic mass is 10.1. The van der Waals surface area contributed by atoms with E-state index in [2.05, 4.69) is 41.2 Å². The number of benzene rings is 6. The van der Waals surface area contributed by atoms with Crippen LogP contribution in [0.15, 0.2) is 118 Å². The van der Waals surface area contributed by atoms with E-state index in [1.165, 1.54) is 18.2 Å². The zero-order valence-electron chi connectivity index (χ0n) is 35.6. The third-order valence-corrected chi connectivity index (χ3v) is 14.3. The minimum Gasteiger partial charge on any atom is -0.341 e. The Balaban J connectivity index is 0.997. The second-order valence-corrected chi connectivity index (χ2v) is 20.2. The van der Waals surface area contributed by atoms with E-state index < -0.39 is 40.1 Å². The molecule has 68 heavy (non-hydrogen) atoms. The van der Waals surface area contributed by atoms with Crippen LogP contribution >= 0.6 is 0 Å². The van der Waals surface area contributed by atoms with Gasteiger partial charge in [0.2, 0.25) is 35.7 Å². The first-order valence-electron chi connectivity index (χ1n) is 21.2. The first-order chi connectivity index (χ1) is 32.5. The fourth-order valence-electron chi connectivity index (χ4n) is 8.50. The largest absolute Gasteiger partial charge is 0.341 e. The van der Waals surface area contributed by atoms with Crippen molar-refractivity contribution in [3.05, 3.63) is 103 Å². The maximum Gasteiger partial charge on any atom is 0.297 e. The summed E-state index contributed by atoms with van der Waals surface area (Å²) in [5, 5.41) is 15.1. The number of nitrogens with one attached hydrogen (secondary N) is 4. The van der Waals surface area contributed by atoms with E-state index in [9.17, 15) is 38.9 Å². The van der Waals surface area contributed by atoms with E-state index >= 15 is 0 Å². The number of hydrogen-bond donors (Lipinski definition) is 7. The van der Waals surface area contributed by atoms with Gasteiger partial charge in [-0.1, -0.05) is 66.7 Å². The smallest absolute Gasteiger partial charge is 0.297 e. The van der Waals surface area contributed by atoms with Crippen molar-refractivity contribution in [2.45, 2.75) is 40.4 Å². The van der Waals surface area contributed by atoms with Gasteiger partial charge in [0, 0.05) is 59.1 Å². The number of hydrogen-bond acceptors (Lipinski definition) is 18. The van der Waals surface area contributed by atoms with E-state index in [0.29, 0.717) is 60.2 Å². The van der Waals surface area contributed by atoms with Gasteiger partial charge in [-0.25, -0.2) is 0 Å². The Hall–Kier alpha value is -7.35. The first-order valence-corrected chi connectivity index (χ1v) is 25.5. The summed E-state index contributed by atoms with van der Waals surface area (Å²) in [6, 6.07) is 27.2. The summed E-state index contributed by atoms with van der Waals surface area (Å²) in [4.78, 5) is 30.6. The quantitative estimate of drug-likeness (QED) is 0.0552. The molecule has 21 nitrogen and oxygen atoms in total. The standard InChI is InChI=1S/C44H40N12O9S3/c57-66(58,59)28-15-16-30-27(25-28)14-18-36(38(30)68(63,64)65)48-42-50-40(52-44(54-42)56-23-7-8-24-56)46-34-20-19-33(31-11-3-4-12-32(31)34)45-39-49-41(53-43(51-39)55-21-5-6-22-55)47-35-17-13-26-9-1-2-10-29(26)37(35)67(60,61)62/h1-4,9-20,25H,5-8,21-24H2,(H,57,58,59)(H,60,61,62)(H,63,64,65)(H2,45,47,49,51,53)(H2,46,48,50,52,54). The molecule has 7 N–H and O–H groups in total. The van der Waals surface area contributed by atoms with Gasteiger partial charge in [0.05, 0.1) is 16.3 Å². The molecule has 2 aliphatic rings. The molecule has 348 valence electrons. The lowest BCUT2D eigenvalue weighted by Gasteiger charge is -2.19. The predicted molar refractivity (Wildman–Crippen MR) is 257 cm³/mol. The van der Waals surface area contributed by atoms with Crippen molar-refractivity contribution in [3.63, 3.8) is 0 Å². The van der Waals surface area contributed by atoms with E-state index in [1.54, 1.807) is 48.5 Å². The van der Waals surface area contributed by atoms with Gasteiger partial charge < -0.3 is 31.1 Å². The van der Waals surface area contributed by atoms with Crippen molar-refractivity contribution in [3.8, 4) is 0 Å². The highest BCUT2D eigenvalue weighted by Crippen LogP contribution is 2.37. The molecule has 2 saturated heterocycles. The zero-order valence-corrected chi connectivity index (χ0v) is 38.0. The first kappa shape index (κ1) is 44.5. The molecule has 10 rings (SSSR count). The molecule has 8 aromatic rings. The van der Waals surface area contributed by atoms with Crippen LogP contribution in [0.5, 0.6) is 0 Å². The molecule has 0 radical (unpaired) electrons. The molecule has 2 aliphatic heterocycles. The van der Waals surface area contributed by atoms with Crippen LogP contribution in [0.4, 0.5) is 58.4 Å². The average Bonchev–Trinajstić information content (AvgIpc) is 4.05. The van der Waals surface area contributed by atoms with Gasteiger partial charge in [-0.2, -0.15) is 55.2 Å². The van der Waals surface area contributed by atoms with Crippen LogP contribution in [0.2, 0.25) is 0 Å². The monoisotopic (exact) mass is 976 g/mol. The number of fused-ring (bicyclic) bond motifs is 3. The Labute approximate surface area is 389 Å². The molecular weight excluding hydrogens is 937 g/mol. The Bertz CT molecular complexity index is 3670. The van der Waals surface area contributed by atoms with Gasteiger partial charge in [0.25, 0.3) is 30.4 Å². The highest BCUT2D eigenvalue weighted by Gasteiger charge is 2.26. The maximum absolute atomic E-state index is 12.9. The van der Waals surface area contributed by atoms with Crippen LogP contribution in [-0.2, 0) is 30.4 Å². The third-order valence-electron chi connectivity index (χ3n) is 11.6. The Morgan fingerprint density at radius 2 is 0.779 bits per heavy atom. The second kappa shape index (κ2) is 17.4. The van der Waals surface area contributed by atoms with E-state index in [0.717, 1.165) is 48.6 Å². The van der Waals surface area contributed by atoms with E-state index in [4.69, 9.17) is 9.97 Å². The van der Waals surface area contributed by atoms with Crippen LogP contribution in [0.25, 0.3) is 32.3 Å². The van der Waals surface area contributed by atoms with E-state index in [1.807, 2.05) is 34.1 Å². The topological polar surface area (TPSA) is 295 Å². The minimum atomic E-state index is -4.93. The van der Waals surface area contributed by atoms with Crippen LogP contribution in [-0.4, -0.2) is 95.0 Å². The molecule has 0 saturated carbocycles. The lowest BCUT2D eigenvalue weighted by molar-refractivity contribution is 0.481. The number of rotatable bonds is 13. The molecule has 0 atom stereocenters.